The van der Waals surface area contributed by atoms with Crippen LogP contribution in [-0.4, -0.2) is 0 Å². The van der Waals surface area contributed by atoms with Crippen LogP contribution in [-0.2, 0) is 5.41 Å². The van der Waals surface area contributed by atoms with Gasteiger partial charge in [0.25, 0.3) is 0 Å². The summed E-state index contributed by atoms with van der Waals surface area (Å²) in [6.07, 6.45) is 0. The average molecular weight is 827 g/mol. The van der Waals surface area contributed by atoms with Crippen LogP contribution in [0.3, 0.4) is 0 Å². The lowest BCUT2D eigenvalue weighted by molar-refractivity contribution is 0.315. The van der Waals surface area contributed by atoms with Gasteiger partial charge in [-0.1, -0.05) is 47.1 Å². The maximum atomic E-state index is 15.3. The maximum Gasteiger partial charge on any atom is 0.200 e. The molecule has 0 unspecified atom stereocenters. The Bertz CT molecular complexity index is 1670. The fourth-order valence-corrected chi connectivity index (χ4v) is 4.49. The molecule has 0 aliphatic rings. The maximum absolute atomic E-state index is 15.3. The van der Waals surface area contributed by atoms with Crippen molar-refractivity contribution in [3.05, 3.63) is 151 Å². The molecule has 0 N–H and O–H groups in total. The van der Waals surface area contributed by atoms with Crippen molar-refractivity contribution in [1.29, 1.82) is 0 Å². The Morgan fingerprint density at radius 1 is 0.255 bits per heavy atom. The van der Waals surface area contributed by atoms with Gasteiger partial charge in [0.2, 0.25) is 23.3 Å². The zero-order valence-electron chi connectivity index (χ0n) is 29.3. The molecule has 0 atom stereocenters. The van der Waals surface area contributed by atoms with Gasteiger partial charge in [0.15, 0.2) is 93.1 Å². The third-order valence-corrected chi connectivity index (χ3v) is 6.34. The van der Waals surface area contributed by atoms with E-state index in [1.165, 1.54) is 5.57 Å². The average Bonchev–Trinajstić information content (AvgIpc) is 3.16. The molecule has 20 heteroatoms. The van der Waals surface area contributed by atoms with Gasteiger partial charge >= 0.3 is 0 Å². The molecule has 0 bridgehead atoms. The number of halogens is 20. The summed E-state index contributed by atoms with van der Waals surface area (Å²) in [5.74, 6) is -71.8. The molecule has 0 radical (unpaired) electrons. The fraction of sp³-hybridized carbons (Fsp3) is 0.257. The normalized spacial score (nSPS) is 10.6. The third kappa shape index (κ3) is 8.27. The van der Waals surface area contributed by atoms with Crippen molar-refractivity contribution in [1.82, 2.24) is 0 Å². The van der Waals surface area contributed by atoms with Crippen LogP contribution >= 0.6 is 0 Å². The van der Waals surface area contributed by atoms with E-state index in [0.717, 1.165) is 0 Å². The van der Waals surface area contributed by atoms with E-state index in [0.29, 0.717) is 0 Å². The van der Waals surface area contributed by atoms with Gasteiger partial charge in [0.1, 0.15) is 0 Å². The van der Waals surface area contributed by atoms with Crippen molar-refractivity contribution in [3.8, 4) is 0 Å². The lowest BCUT2D eigenvalue weighted by Crippen LogP contribution is -2.42. The van der Waals surface area contributed by atoms with Gasteiger partial charge in [-0.25, -0.2) is 87.8 Å². The van der Waals surface area contributed by atoms with Gasteiger partial charge in [-0.2, -0.15) is 0 Å². The molecule has 4 aromatic carbocycles. The fourth-order valence-electron chi connectivity index (χ4n) is 4.49. The van der Waals surface area contributed by atoms with Crippen molar-refractivity contribution >= 4 is 0 Å². The molecule has 306 valence electrons. The van der Waals surface area contributed by atoms with Gasteiger partial charge in [-0.15, -0.1) is 6.58 Å². The standard InChI is InChI=1S/C25F20.C4H8.3C2H6/c26-5-1(6(27)14(35)21(42)13(5)34)25(2-7(28)15(36)22(43)16(37)8(2)29,3-9(30)17(38)23(44)18(39)10(3)31)4-11(32)19(40)24(45)20(41)12(4)33;1-4(2)3;3*1-2/h;1H2,2-3H3;3*1-2H3. The minimum atomic E-state index is -6.10. The molecule has 55 heavy (non-hydrogen) atoms. The third-order valence-electron chi connectivity index (χ3n) is 6.34. The molecule has 0 nitrogen and oxygen atoms in total. The molecular weight excluding hydrogens is 800 g/mol. The second-order valence-electron chi connectivity index (χ2n) is 9.74. The van der Waals surface area contributed by atoms with E-state index in [9.17, 15) is 52.7 Å². The van der Waals surface area contributed by atoms with E-state index in [-0.39, 0.29) is 0 Å². The molecule has 0 spiro atoms. The first-order chi connectivity index (χ1) is 25.4. The van der Waals surface area contributed by atoms with Gasteiger partial charge in [0, 0.05) is 22.3 Å². The van der Waals surface area contributed by atoms with E-state index >= 15 is 35.1 Å². The molecule has 0 saturated carbocycles. The Balaban J connectivity index is 0.00000265. The van der Waals surface area contributed by atoms with Crippen LogP contribution in [0.2, 0.25) is 0 Å². The van der Waals surface area contributed by atoms with Crippen molar-refractivity contribution in [3.63, 3.8) is 0 Å². The van der Waals surface area contributed by atoms with Gasteiger partial charge < -0.3 is 0 Å². The number of rotatable bonds is 4. The van der Waals surface area contributed by atoms with Crippen LogP contribution < -0.4 is 0 Å². The summed E-state index contributed by atoms with van der Waals surface area (Å²) >= 11 is 0. The van der Waals surface area contributed by atoms with Crippen LogP contribution in [0.1, 0.15) is 77.6 Å². The lowest BCUT2D eigenvalue weighted by atomic mass is 9.63. The lowest BCUT2D eigenvalue weighted by Gasteiger charge is -2.38. The van der Waals surface area contributed by atoms with E-state index in [2.05, 4.69) is 6.58 Å². The Kier molecular flexibility index (Phi) is 18.0. The summed E-state index contributed by atoms with van der Waals surface area (Å²) in [5, 5.41) is 0. The molecular formula is C35H26F20. The largest absolute Gasteiger partial charge is 0.203 e. The molecule has 0 aliphatic carbocycles. The molecule has 4 aromatic rings. The summed E-state index contributed by atoms with van der Waals surface area (Å²) in [6.45, 7) is 19.5. The Morgan fingerprint density at radius 3 is 0.418 bits per heavy atom. The topological polar surface area (TPSA) is 0 Å². The SMILES string of the molecule is C=C(C)C.CC.CC.CC.Fc1c(F)c(F)c(C(c2c(F)c(F)c(F)c(F)c2F)(c2c(F)c(F)c(F)c(F)c2F)c2c(F)c(F)c(F)c(F)c2F)c(F)c1F. The second-order valence-corrected chi connectivity index (χ2v) is 9.74. The monoisotopic (exact) mass is 826 g/mol. The Morgan fingerprint density at radius 2 is 0.327 bits per heavy atom. The minimum Gasteiger partial charge on any atom is -0.203 e. The molecule has 4 rings (SSSR count). The number of allylic oxidation sites excluding steroid dienone is 1. The van der Waals surface area contributed by atoms with Crippen molar-refractivity contribution in [2.24, 2.45) is 0 Å². The highest BCUT2D eigenvalue weighted by molar-refractivity contribution is 5.63. The summed E-state index contributed by atoms with van der Waals surface area (Å²) < 4.78 is 294. The first kappa shape index (κ1) is 50.2. The number of hydrogen-bond donors (Lipinski definition) is 0. The highest BCUT2D eigenvalue weighted by Crippen LogP contribution is 2.54. The molecule has 0 amide bonds. The molecule has 0 fully saturated rings. The first-order valence-corrected chi connectivity index (χ1v) is 15.1. The van der Waals surface area contributed by atoms with Gasteiger partial charge in [0.05, 0.1) is 5.41 Å². The molecule has 0 heterocycles. The van der Waals surface area contributed by atoms with E-state index in [1.807, 2.05) is 55.4 Å². The van der Waals surface area contributed by atoms with Crippen LogP contribution in [0.5, 0.6) is 0 Å². The summed E-state index contributed by atoms with van der Waals surface area (Å²) in [4.78, 5) is 0. The van der Waals surface area contributed by atoms with Gasteiger partial charge in [-0.3, -0.25) is 0 Å². The Hall–Kier alpha value is -4.78. The summed E-state index contributed by atoms with van der Waals surface area (Å²) in [6, 6.07) is 0. The van der Waals surface area contributed by atoms with Gasteiger partial charge in [-0.05, 0) is 13.8 Å². The molecule has 0 saturated heterocycles. The zero-order chi connectivity index (χ0) is 43.9. The van der Waals surface area contributed by atoms with Crippen molar-refractivity contribution in [2.45, 2.75) is 60.8 Å². The van der Waals surface area contributed by atoms with Crippen LogP contribution in [0.25, 0.3) is 0 Å². The number of benzene rings is 4. The van der Waals surface area contributed by atoms with Crippen LogP contribution in [0.15, 0.2) is 12.2 Å². The Labute approximate surface area is 299 Å². The summed E-state index contributed by atoms with van der Waals surface area (Å²) in [5.41, 5.74) is -19.5. The highest BCUT2D eigenvalue weighted by Gasteiger charge is 2.58. The van der Waals surface area contributed by atoms with Crippen LogP contribution in [0.4, 0.5) is 87.8 Å². The first-order valence-electron chi connectivity index (χ1n) is 15.1. The highest BCUT2D eigenvalue weighted by atomic mass is 19.2. The van der Waals surface area contributed by atoms with E-state index in [4.69, 9.17) is 0 Å². The van der Waals surface area contributed by atoms with Crippen molar-refractivity contribution in [2.75, 3.05) is 0 Å². The second kappa shape index (κ2) is 19.7. The predicted molar refractivity (Wildman–Crippen MR) is 158 cm³/mol. The quantitative estimate of drug-likeness (QED) is 0.0632. The van der Waals surface area contributed by atoms with E-state index < -0.39 is 144 Å². The summed E-state index contributed by atoms with van der Waals surface area (Å²) in [7, 11) is 0. The van der Waals surface area contributed by atoms with Crippen LogP contribution in [0, 0.1) is 116 Å². The zero-order valence-corrected chi connectivity index (χ0v) is 29.3. The number of hydrogen-bond acceptors (Lipinski definition) is 0. The minimum absolute atomic E-state index is 1.17. The molecule has 0 aromatic heterocycles. The van der Waals surface area contributed by atoms with Crippen molar-refractivity contribution < 1.29 is 87.8 Å². The smallest absolute Gasteiger partial charge is 0.200 e. The molecule has 0 aliphatic heterocycles. The predicted octanol–water partition coefficient (Wildman–Crippen LogP) is 13.5. The van der Waals surface area contributed by atoms with E-state index in [1.54, 1.807) is 0 Å².